The quantitative estimate of drug-likeness (QED) is 0.168. The maximum Gasteiger partial charge on any atom is 0.264 e. The normalized spacial score (nSPS) is 12.5. The summed E-state index contributed by atoms with van der Waals surface area (Å²) in [4.78, 5) is 30.2. The van der Waals surface area contributed by atoms with E-state index in [2.05, 4.69) is 5.32 Å². The van der Waals surface area contributed by atoms with Crippen LogP contribution in [0.5, 0.6) is 5.75 Å². The molecule has 0 aliphatic rings. The minimum Gasteiger partial charge on any atom is -0.492 e. The number of nitrogens with one attached hydrogen (secondary N) is 1. The van der Waals surface area contributed by atoms with Crippen LogP contribution in [0, 0.1) is 6.92 Å². The Morgan fingerprint density at radius 3 is 2.11 bits per heavy atom. The molecule has 2 amide bonds. The summed E-state index contributed by atoms with van der Waals surface area (Å²) in [5.41, 5.74) is 2.95. The fourth-order valence-corrected chi connectivity index (χ4v) is 6.62. The molecule has 9 heteroatoms. The van der Waals surface area contributed by atoms with Gasteiger partial charge in [-0.1, -0.05) is 97.4 Å². The summed E-state index contributed by atoms with van der Waals surface area (Å²) in [7, 11) is -4.23. The summed E-state index contributed by atoms with van der Waals surface area (Å²) in [6.07, 6.45) is 0.967. The second kappa shape index (κ2) is 16.1. The zero-order valence-corrected chi connectivity index (χ0v) is 27.7. The van der Waals surface area contributed by atoms with Crippen LogP contribution in [-0.2, 0) is 32.6 Å². The molecule has 0 saturated carbocycles. The van der Waals surface area contributed by atoms with Crippen LogP contribution < -0.4 is 14.4 Å². The number of ether oxygens (including phenoxy) is 1. The first kappa shape index (κ1) is 34.2. The van der Waals surface area contributed by atoms with Crippen molar-refractivity contribution in [3.63, 3.8) is 0 Å². The second-order valence-corrected chi connectivity index (χ2v) is 13.1. The number of hydrogen-bond acceptors (Lipinski definition) is 5. The Morgan fingerprint density at radius 2 is 1.46 bits per heavy atom. The minimum absolute atomic E-state index is 0.0367. The minimum atomic E-state index is -4.23. The van der Waals surface area contributed by atoms with Gasteiger partial charge in [0, 0.05) is 19.0 Å². The molecule has 0 spiro atoms. The van der Waals surface area contributed by atoms with Crippen LogP contribution in [0.1, 0.15) is 43.9 Å². The van der Waals surface area contributed by atoms with Crippen LogP contribution in [0.4, 0.5) is 5.69 Å². The Kier molecular flexibility index (Phi) is 12.0. The molecular formula is C37H43N3O5S. The Labute approximate surface area is 273 Å². The summed E-state index contributed by atoms with van der Waals surface area (Å²) >= 11 is 0. The predicted molar refractivity (Wildman–Crippen MR) is 182 cm³/mol. The number of benzene rings is 4. The van der Waals surface area contributed by atoms with Crippen molar-refractivity contribution in [2.75, 3.05) is 17.5 Å². The molecule has 0 radical (unpaired) electrons. The van der Waals surface area contributed by atoms with Gasteiger partial charge < -0.3 is 15.0 Å². The zero-order chi connectivity index (χ0) is 33.1. The highest BCUT2D eigenvalue weighted by Crippen LogP contribution is 2.33. The molecule has 0 heterocycles. The van der Waals surface area contributed by atoms with Gasteiger partial charge in [0.15, 0.2) is 0 Å². The molecule has 8 nitrogen and oxygen atoms in total. The SMILES string of the molecule is CCOc1ccccc1N(CC(=O)N(Cc1cccc(C)c1)[C@H](Cc1ccccc1)C(=O)N[C@@H](C)CC)S(=O)(=O)c1ccccc1. The molecule has 1 N–H and O–H groups in total. The molecule has 2 atom stereocenters. The first-order valence-electron chi connectivity index (χ1n) is 15.6. The summed E-state index contributed by atoms with van der Waals surface area (Å²) in [6, 6.07) is 31.0. The number of para-hydroxylation sites is 2. The number of anilines is 1. The average Bonchev–Trinajstić information content (AvgIpc) is 3.06. The number of carbonyl (C=O) groups is 2. The monoisotopic (exact) mass is 641 g/mol. The molecule has 0 aromatic heterocycles. The smallest absolute Gasteiger partial charge is 0.264 e. The number of sulfonamides is 1. The maximum atomic E-state index is 14.7. The highest BCUT2D eigenvalue weighted by Gasteiger charge is 2.35. The molecule has 242 valence electrons. The van der Waals surface area contributed by atoms with Crippen molar-refractivity contribution < 1.29 is 22.7 Å². The summed E-state index contributed by atoms with van der Waals surface area (Å²) in [5, 5.41) is 3.06. The van der Waals surface area contributed by atoms with Gasteiger partial charge in [0.2, 0.25) is 11.8 Å². The standard InChI is InChI=1S/C37H43N3O5S/c1-5-29(4)38-37(42)34(25-30-17-9-7-10-18-30)39(26-31-19-15-16-28(3)24-31)36(41)27-40(33-22-13-14-23-35(33)45-6-2)46(43,44)32-20-11-8-12-21-32/h7-24,29,34H,5-6,25-27H2,1-4H3,(H,38,42)/t29-,34+/m0/s1. The van der Waals surface area contributed by atoms with Crippen molar-refractivity contribution in [3.8, 4) is 5.75 Å². The fraction of sp³-hybridized carbons (Fsp3) is 0.297. The van der Waals surface area contributed by atoms with Crippen molar-refractivity contribution in [1.82, 2.24) is 10.2 Å². The number of hydrogen-bond donors (Lipinski definition) is 1. The van der Waals surface area contributed by atoms with E-state index in [-0.39, 0.29) is 35.5 Å². The van der Waals surface area contributed by atoms with Crippen LogP contribution >= 0.6 is 0 Å². The lowest BCUT2D eigenvalue weighted by atomic mass is 10.0. The number of carbonyl (C=O) groups excluding carboxylic acids is 2. The lowest BCUT2D eigenvalue weighted by Gasteiger charge is -2.34. The Morgan fingerprint density at radius 1 is 0.826 bits per heavy atom. The zero-order valence-electron chi connectivity index (χ0n) is 26.9. The number of rotatable bonds is 15. The predicted octanol–water partition coefficient (Wildman–Crippen LogP) is 6.14. The van der Waals surface area contributed by atoms with Crippen LogP contribution in [0.25, 0.3) is 0 Å². The molecule has 4 rings (SSSR count). The maximum absolute atomic E-state index is 14.7. The van der Waals surface area contributed by atoms with E-state index in [4.69, 9.17) is 4.74 Å². The average molecular weight is 642 g/mol. The Balaban J connectivity index is 1.84. The third-order valence-corrected chi connectivity index (χ3v) is 9.53. The molecule has 46 heavy (non-hydrogen) atoms. The van der Waals surface area contributed by atoms with Gasteiger partial charge in [-0.3, -0.25) is 13.9 Å². The van der Waals surface area contributed by atoms with Crippen LogP contribution in [0.2, 0.25) is 0 Å². The molecule has 0 unspecified atom stereocenters. The van der Waals surface area contributed by atoms with E-state index in [9.17, 15) is 18.0 Å². The molecule has 4 aromatic rings. The molecule has 0 bridgehead atoms. The lowest BCUT2D eigenvalue weighted by Crippen LogP contribution is -2.54. The van der Waals surface area contributed by atoms with E-state index in [1.807, 2.05) is 82.3 Å². The van der Waals surface area contributed by atoms with Gasteiger partial charge in [-0.15, -0.1) is 0 Å². The van der Waals surface area contributed by atoms with E-state index in [0.717, 1.165) is 21.0 Å². The van der Waals surface area contributed by atoms with Crippen molar-refractivity contribution in [3.05, 3.63) is 126 Å². The van der Waals surface area contributed by atoms with Crippen LogP contribution in [0.15, 0.2) is 114 Å². The second-order valence-electron chi connectivity index (χ2n) is 11.3. The molecule has 4 aromatic carbocycles. The van der Waals surface area contributed by atoms with E-state index < -0.39 is 28.5 Å². The Bertz CT molecular complexity index is 1700. The molecule has 0 saturated heterocycles. The van der Waals surface area contributed by atoms with Gasteiger partial charge in [-0.25, -0.2) is 8.42 Å². The van der Waals surface area contributed by atoms with Gasteiger partial charge in [0.25, 0.3) is 10.0 Å². The van der Waals surface area contributed by atoms with Crippen molar-refractivity contribution >= 4 is 27.5 Å². The summed E-state index contributed by atoms with van der Waals surface area (Å²) in [6.45, 7) is 7.54. The van der Waals surface area contributed by atoms with Crippen molar-refractivity contribution in [2.45, 2.75) is 64.1 Å². The van der Waals surface area contributed by atoms with Gasteiger partial charge in [-0.2, -0.15) is 0 Å². The van der Waals surface area contributed by atoms with Crippen LogP contribution in [0.3, 0.4) is 0 Å². The highest BCUT2D eigenvalue weighted by atomic mass is 32.2. The number of aryl methyl sites for hydroxylation is 1. The third-order valence-electron chi connectivity index (χ3n) is 7.75. The van der Waals surface area contributed by atoms with Crippen LogP contribution in [-0.4, -0.2) is 50.4 Å². The molecule has 0 fully saturated rings. The molecule has 0 aliphatic carbocycles. The third kappa shape index (κ3) is 8.75. The van der Waals surface area contributed by atoms with E-state index in [1.54, 1.807) is 42.5 Å². The molecule has 0 aliphatic heterocycles. The van der Waals surface area contributed by atoms with Gasteiger partial charge in [0.1, 0.15) is 18.3 Å². The van der Waals surface area contributed by atoms with Crippen molar-refractivity contribution in [2.24, 2.45) is 0 Å². The first-order chi connectivity index (χ1) is 22.1. The Hall–Kier alpha value is -4.63. The largest absolute Gasteiger partial charge is 0.492 e. The highest BCUT2D eigenvalue weighted by molar-refractivity contribution is 7.92. The lowest BCUT2D eigenvalue weighted by molar-refractivity contribution is -0.140. The van der Waals surface area contributed by atoms with E-state index in [0.29, 0.717) is 18.8 Å². The van der Waals surface area contributed by atoms with E-state index >= 15 is 0 Å². The fourth-order valence-electron chi connectivity index (χ4n) is 5.18. The molecular weight excluding hydrogens is 598 g/mol. The number of nitrogens with zero attached hydrogens (tertiary/aromatic N) is 2. The summed E-state index contributed by atoms with van der Waals surface area (Å²) < 4.78 is 35.4. The van der Waals surface area contributed by atoms with Gasteiger partial charge >= 0.3 is 0 Å². The van der Waals surface area contributed by atoms with E-state index in [1.165, 1.54) is 17.0 Å². The van der Waals surface area contributed by atoms with Crippen molar-refractivity contribution in [1.29, 1.82) is 0 Å². The summed E-state index contributed by atoms with van der Waals surface area (Å²) in [5.74, 6) is -0.489. The van der Waals surface area contributed by atoms with Gasteiger partial charge in [-0.05, 0) is 62.6 Å². The van der Waals surface area contributed by atoms with Gasteiger partial charge in [0.05, 0.1) is 17.2 Å². The first-order valence-corrected chi connectivity index (χ1v) is 17.1. The number of amides is 2. The topological polar surface area (TPSA) is 96.0 Å².